The number of halogens is 1. The molecule has 0 spiro atoms. The van der Waals surface area contributed by atoms with Crippen molar-refractivity contribution >= 4 is 22.0 Å². The maximum absolute atomic E-state index is 10.5. The fourth-order valence-electron chi connectivity index (χ4n) is 1.09. The summed E-state index contributed by atoms with van der Waals surface area (Å²) >= 11 is 3.30. The van der Waals surface area contributed by atoms with Crippen molar-refractivity contribution in [1.82, 2.24) is 9.88 Å². The summed E-state index contributed by atoms with van der Waals surface area (Å²) in [6.07, 6.45) is -0.864. The lowest BCUT2D eigenvalue weighted by Gasteiger charge is -2.10. The Bertz CT molecular complexity index is 368. The van der Waals surface area contributed by atoms with Crippen LogP contribution in [0.3, 0.4) is 0 Å². The molecule has 1 aromatic rings. The quantitative estimate of drug-likeness (QED) is 0.903. The number of hydrogen-bond donors (Lipinski definition) is 1. The van der Waals surface area contributed by atoms with Gasteiger partial charge in [0, 0.05) is 17.1 Å². The highest BCUT2D eigenvalue weighted by Gasteiger charge is 2.05. The van der Waals surface area contributed by atoms with Crippen LogP contribution >= 0.6 is 15.9 Å². The van der Waals surface area contributed by atoms with E-state index in [4.69, 9.17) is 10.5 Å². The van der Waals surface area contributed by atoms with Gasteiger partial charge in [-0.25, -0.2) is 9.78 Å². The number of primary amides is 1. The Hall–Kier alpha value is -1.14. The molecule has 1 heterocycles. The van der Waals surface area contributed by atoms with Crippen LogP contribution in [0.1, 0.15) is 5.69 Å². The average Bonchev–Trinajstić information content (AvgIpc) is 1.98. The maximum atomic E-state index is 10.5. The predicted molar refractivity (Wildman–Crippen MR) is 59.5 cm³/mol. The molecule has 0 unspecified atom stereocenters. The van der Waals surface area contributed by atoms with E-state index in [1.165, 1.54) is 0 Å². The molecule has 0 saturated carbocycles. The smallest absolute Gasteiger partial charge is 0.391 e. The van der Waals surface area contributed by atoms with E-state index in [9.17, 15) is 4.79 Å². The molecule has 1 rings (SSSR count). The highest BCUT2D eigenvalue weighted by atomic mass is 79.9. The van der Waals surface area contributed by atoms with Crippen LogP contribution in [0.15, 0.2) is 16.6 Å². The van der Waals surface area contributed by atoms with Gasteiger partial charge in [0.2, 0.25) is 5.88 Å². The first-order chi connectivity index (χ1) is 6.97. The lowest BCUT2D eigenvalue weighted by molar-refractivity contribution is 0.208. The first-order valence-electron chi connectivity index (χ1n) is 4.26. The molecule has 0 bridgehead atoms. The van der Waals surface area contributed by atoms with Crippen LogP contribution in [0.2, 0.25) is 0 Å². The number of amides is 1. The van der Waals surface area contributed by atoms with Gasteiger partial charge < -0.3 is 15.4 Å². The van der Waals surface area contributed by atoms with Crippen LogP contribution in [-0.2, 0) is 6.54 Å². The first-order valence-corrected chi connectivity index (χ1v) is 5.05. The van der Waals surface area contributed by atoms with E-state index >= 15 is 0 Å². The van der Waals surface area contributed by atoms with Crippen molar-refractivity contribution in [1.29, 1.82) is 0 Å². The Morgan fingerprint density at radius 2 is 2.27 bits per heavy atom. The largest absolute Gasteiger partial charge is 0.411 e. The van der Waals surface area contributed by atoms with Gasteiger partial charge >= 0.3 is 6.09 Å². The molecule has 0 aliphatic heterocycles. The zero-order chi connectivity index (χ0) is 11.4. The van der Waals surface area contributed by atoms with Gasteiger partial charge in [-0.1, -0.05) is 15.9 Å². The van der Waals surface area contributed by atoms with E-state index in [1.54, 1.807) is 6.07 Å². The van der Waals surface area contributed by atoms with E-state index in [0.29, 0.717) is 6.54 Å². The Kier molecular flexibility index (Phi) is 4.05. The van der Waals surface area contributed by atoms with Gasteiger partial charge in [0.05, 0.1) is 5.69 Å². The number of hydrogen-bond acceptors (Lipinski definition) is 4. The summed E-state index contributed by atoms with van der Waals surface area (Å²) in [4.78, 5) is 16.6. The van der Waals surface area contributed by atoms with Crippen molar-refractivity contribution in [3.8, 4) is 5.88 Å². The third-order valence-corrected chi connectivity index (χ3v) is 1.96. The molecule has 0 radical (unpaired) electrons. The summed E-state index contributed by atoms with van der Waals surface area (Å²) < 4.78 is 5.49. The Morgan fingerprint density at radius 3 is 2.80 bits per heavy atom. The number of rotatable bonds is 3. The monoisotopic (exact) mass is 273 g/mol. The summed E-state index contributed by atoms with van der Waals surface area (Å²) in [5.41, 5.74) is 5.70. The number of aromatic nitrogens is 1. The molecule has 5 nitrogen and oxygen atoms in total. The van der Waals surface area contributed by atoms with Crippen LogP contribution in [0.5, 0.6) is 5.88 Å². The van der Waals surface area contributed by atoms with Crippen molar-refractivity contribution in [3.63, 3.8) is 0 Å². The van der Waals surface area contributed by atoms with Crippen LogP contribution in [0, 0.1) is 0 Å². The molecule has 0 aliphatic carbocycles. The number of pyridine rings is 1. The van der Waals surface area contributed by atoms with Gasteiger partial charge in [-0.15, -0.1) is 0 Å². The highest BCUT2D eigenvalue weighted by molar-refractivity contribution is 9.10. The van der Waals surface area contributed by atoms with Gasteiger partial charge in [0.25, 0.3) is 0 Å². The zero-order valence-electron chi connectivity index (χ0n) is 8.53. The molecular weight excluding hydrogens is 262 g/mol. The molecular formula is C9H12BrN3O2. The Balaban J connectivity index is 2.89. The minimum absolute atomic E-state index is 0.203. The Morgan fingerprint density at radius 1 is 1.60 bits per heavy atom. The van der Waals surface area contributed by atoms with E-state index in [1.807, 2.05) is 25.1 Å². The summed E-state index contributed by atoms with van der Waals surface area (Å²) in [7, 11) is 3.86. The van der Waals surface area contributed by atoms with Gasteiger partial charge in [0.1, 0.15) is 0 Å². The van der Waals surface area contributed by atoms with Gasteiger partial charge in [-0.3, -0.25) is 0 Å². The molecule has 2 N–H and O–H groups in total. The number of ether oxygens (including phenoxy) is 1. The second-order valence-electron chi connectivity index (χ2n) is 3.27. The van der Waals surface area contributed by atoms with Crippen molar-refractivity contribution in [2.75, 3.05) is 14.1 Å². The third kappa shape index (κ3) is 4.26. The zero-order valence-corrected chi connectivity index (χ0v) is 10.1. The number of nitrogens with zero attached hydrogens (tertiary/aromatic N) is 2. The summed E-state index contributed by atoms with van der Waals surface area (Å²) in [6.45, 7) is 0.661. The lowest BCUT2D eigenvalue weighted by atomic mass is 10.3. The van der Waals surface area contributed by atoms with Crippen LogP contribution in [0.4, 0.5) is 4.79 Å². The predicted octanol–water partition coefficient (Wildman–Crippen LogP) is 1.36. The Labute approximate surface area is 96.4 Å². The lowest BCUT2D eigenvalue weighted by Crippen LogP contribution is -2.18. The molecule has 0 saturated heterocycles. The summed E-state index contributed by atoms with van der Waals surface area (Å²) in [5, 5.41) is 0. The van der Waals surface area contributed by atoms with Crippen LogP contribution in [0.25, 0.3) is 0 Å². The van der Waals surface area contributed by atoms with Crippen LogP contribution < -0.4 is 10.5 Å². The SMILES string of the molecule is CN(C)Cc1cc(Br)cc(OC(N)=O)n1. The molecule has 0 atom stereocenters. The molecule has 1 amide bonds. The van der Waals surface area contributed by atoms with Gasteiger partial charge in [-0.2, -0.15) is 0 Å². The average molecular weight is 274 g/mol. The van der Waals surface area contributed by atoms with Crippen molar-refractivity contribution in [2.45, 2.75) is 6.54 Å². The third-order valence-electron chi connectivity index (χ3n) is 1.50. The molecule has 0 fully saturated rings. The molecule has 0 aliphatic rings. The fourth-order valence-corrected chi connectivity index (χ4v) is 1.55. The van der Waals surface area contributed by atoms with Crippen molar-refractivity contribution < 1.29 is 9.53 Å². The molecule has 82 valence electrons. The molecule has 6 heteroatoms. The molecule has 15 heavy (non-hydrogen) atoms. The molecule has 1 aromatic heterocycles. The van der Waals surface area contributed by atoms with E-state index in [0.717, 1.165) is 10.2 Å². The van der Waals surface area contributed by atoms with E-state index in [2.05, 4.69) is 20.9 Å². The standard InChI is InChI=1S/C9H12BrN3O2/c1-13(2)5-7-3-6(10)4-8(12-7)15-9(11)14/h3-4H,5H2,1-2H3,(H2,11,14). The fraction of sp³-hybridized carbons (Fsp3) is 0.333. The summed E-state index contributed by atoms with van der Waals surface area (Å²) in [6, 6.07) is 3.44. The molecule has 0 aromatic carbocycles. The van der Waals surface area contributed by atoms with Gasteiger partial charge in [-0.05, 0) is 20.2 Å². The van der Waals surface area contributed by atoms with E-state index in [-0.39, 0.29) is 5.88 Å². The summed E-state index contributed by atoms with van der Waals surface area (Å²) in [5.74, 6) is 0.203. The van der Waals surface area contributed by atoms with Crippen LogP contribution in [-0.4, -0.2) is 30.1 Å². The van der Waals surface area contributed by atoms with Crippen molar-refractivity contribution in [2.24, 2.45) is 5.73 Å². The normalized spacial score (nSPS) is 10.4. The minimum Gasteiger partial charge on any atom is -0.391 e. The maximum Gasteiger partial charge on any atom is 0.411 e. The topological polar surface area (TPSA) is 68.5 Å². The second kappa shape index (κ2) is 5.09. The van der Waals surface area contributed by atoms with Gasteiger partial charge in [0.15, 0.2) is 0 Å². The minimum atomic E-state index is -0.864. The number of carbonyl (C=O) groups is 1. The number of nitrogens with two attached hydrogens (primary N) is 1. The first kappa shape index (κ1) is 11.9. The van der Waals surface area contributed by atoms with Crippen molar-refractivity contribution in [3.05, 3.63) is 22.3 Å². The van der Waals surface area contributed by atoms with E-state index < -0.39 is 6.09 Å². The second-order valence-corrected chi connectivity index (χ2v) is 4.19. The number of carbonyl (C=O) groups excluding carboxylic acids is 1. The highest BCUT2D eigenvalue weighted by Crippen LogP contribution is 2.18.